The third-order valence-electron chi connectivity index (χ3n) is 3.59. The molecule has 2 aromatic rings. The van der Waals surface area contributed by atoms with Crippen LogP contribution in [0.3, 0.4) is 0 Å². The number of nitrogens with one attached hydrogen (secondary N) is 1. The summed E-state index contributed by atoms with van der Waals surface area (Å²) in [7, 11) is 1.99. The van der Waals surface area contributed by atoms with Gasteiger partial charge in [-0.25, -0.2) is 0 Å². The van der Waals surface area contributed by atoms with Crippen LogP contribution in [-0.2, 0) is 4.74 Å². The van der Waals surface area contributed by atoms with E-state index in [2.05, 4.69) is 29.6 Å². The summed E-state index contributed by atoms with van der Waals surface area (Å²) in [6, 6.07) is 12.4. The maximum absolute atomic E-state index is 5.85. The van der Waals surface area contributed by atoms with Crippen LogP contribution in [0.25, 0.3) is 10.9 Å². The van der Waals surface area contributed by atoms with Gasteiger partial charge in [-0.3, -0.25) is 4.98 Å². The smallest absolute Gasteiger partial charge is 0.104 e. The molecule has 2 heterocycles. The highest BCUT2D eigenvalue weighted by Crippen LogP contribution is 2.33. The van der Waals surface area contributed by atoms with E-state index in [1.165, 1.54) is 5.39 Å². The summed E-state index contributed by atoms with van der Waals surface area (Å²) in [5, 5.41) is 4.42. The number of nitrogens with zero attached hydrogens (tertiary/aromatic N) is 1. The fourth-order valence-corrected chi connectivity index (χ4v) is 2.67. The average Bonchev–Trinajstić information content (AvgIpc) is 2.87. The molecular weight excluding hydrogens is 224 g/mol. The Morgan fingerprint density at radius 3 is 3.06 bits per heavy atom. The van der Waals surface area contributed by atoms with Crippen LogP contribution in [0.15, 0.2) is 36.4 Å². The van der Waals surface area contributed by atoms with Gasteiger partial charge >= 0.3 is 0 Å². The maximum Gasteiger partial charge on any atom is 0.104 e. The third-order valence-corrected chi connectivity index (χ3v) is 3.59. The fourth-order valence-electron chi connectivity index (χ4n) is 2.67. The van der Waals surface area contributed by atoms with E-state index in [1.807, 2.05) is 19.2 Å². The number of benzene rings is 1. The second-order valence-electron chi connectivity index (χ2n) is 4.83. The minimum Gasteiger partial charge on any atom is -0.372 e. The number of hydrogen-bond acceptors (Lipinski definition) is 3. The Kier molecular flexibility index (Phi) is 3.26. The molecule has 1 aliphatic heterocycles. The van der Waals surface area contributed by atoms with E-state index in [1.54, 1.807) is 0 Å². The molecule has 0 saturated carbocycles. The molecule has 0 radical (unpaired) electrons. The van der Waals surface area contributed by atoms with Crippen LogP contribution in [0.1, 0.15) is 18.2 Å². The predicted molar refractivity (Wildman–Crippen MR) is 72.5 cm³/mol. The van der Waals surface area contributed by atoms with Gasteiger partial charge in [-0.05, 0) is 25.6 Å². The monoisotopic (exact) mass is 242 g/mol. The van der Waals surface area contributed by atoms with Crippen molar-refractivity contribution in [1.82, 2.24) is 10.3 Å². The Morgan fingerprint density at radius 2 is 2.17 bits per heavy atom. The molecule has 2 atom stereocenters. The first-order valence-corrected chi connectivity index (χ1v) is 6.50. The largest absolute Gasteiger partial charge is 0.372 e. The lowest BCUT2D eigenvalue weighted by atomic mass is 9.98. The number of para-hydroxylation sites is 1. The first-order valence-electron chi connectivity index (χ1n) is 6.50. The van der Waals surface area contributed by atoms with Crippen molar-refractivity contribution in [2.45, 2.75) is 12.5 Å². The molecule has 1 fully saturated rings. The average molecular weight is 242 g/mol. The van der Waals surface area contributed by atoms with Crippen LogP contribution in [0, 0.1) is 5.92 Å². The van der Waals surface area contributed by atoms with E-state index in [0.717, 1.165) is 30.8 Å². The van der Waals surface area contributed by atoms with Gasteiger partial charge in [0.2, 0.25) is 0 Å². The van der Waals surface area contributed by atoms with Crippen LogP contribution in [0.4, 0.5) is 0 Å². The van der Waals surface area contributed by atoms with Crippen molar-refractivity contribution in [2.75, 3.05) is 20.2 Å². The Labute approximate surface area is 107 Å². The van der Waals surface area contributed by atoms with Crippen molar-refractivity contribution in [2.24, 2.45) is 5.92 Å². The van der Waals surface area contributed by atoms with Crippen LogP contribution in [-0.4, -0.2) is 25.2 Å². The van der Waals surface area contributed by atoms with Gasteiger partial charge in [-0.15, -0.1) is 0 Å². The number of rotatable bonds is 3. The normalized spacial score (nSPS) is 23.6. The van der Waals surface area contributed by atoms with Gasteiger partial charge < -0.3 is 10.1 Å². The molecule has 0 spiro atoms. The summed E-state index contributed by atoms with van der Waals surface area (Å²) >= 11 is 0. The topological polar surface area (TPSA) is 34.1 Å². The van der Waals surface area contributed by atoms with Gasteiger partial charge in [0, 0.05) is 24.5 Å². The first kappa shape index (κ1) is 11.6. The van der Waals surface area contributed by atoms with E-state index in [0.29, 0.717) is 5.92 Å². The predicted octanol–water partition coefficient (Wildman–Crippen LogP) is 2.53. The van der Waals surface area contributed by atoms with E-state index >= 15 is 0 Å². The van der Waals surface area contributed by atoms with Crippen molar-refractivity contribution >= 4 is 10.9 Å². The standard InChI is InChI=1S/C15H18N2O/c1-16-10-12-8-9-18-15(12)14-7-6-11-4-2-3-5-13(11)17-14/h2-7,12,15-16H,8-10H2,1H3. The third kappa shape index (κ3) is 2.11. The zero-order valence-electron chi connectivity index (χ0n) is 10.6. The highest BCUT2D eigenvalue weighted by Gasteiger charge is 2.30. The first-order chi connectivity index (χ1) is 8.88. The molecule has 1 aliphatic rings. The molecule has 1 aromatic carbocycles. The van der Waals surface area contributed by atoms with Gasteiger partial charge in [0.05, 0.1) is 11.2 Å². The summed E-state index contributed by atoms with van der Waals surface area (Å²) < 4.78 is 5.85. The zero-order valence-corrected chi connectivity index (χ0v) is 10.6. The lowest BCUT2D eigenvalue weighted by Gasteiger charge is -2.18. The van der Waals surface area contributed by atoms with Crippen molar-refractivity contribution in [1.29, 1.82) is 0 Å². The highest BCUT2D eigenvalue weighted by molar-refractivity contribution is 5.78. The fraction of sp³-hybridized carbons (Fsp3) is 0.400. The van der Waals surface area contributed by atoms with Gasteiger partial charge in [0.25, 0.3) is 0 Å². The Hall–Kier alpha value is -1.45. The summed E-state index contributed by atoms with van der Waals surface area (Å²) in [6.45, 7) is 1.82. The van der Waals surface area contributed by atoms with Crippen LogP contribution in [0.2, 0.25) is 0 Å². The minimum atomic E-state index is 0.141. The van der Waals surface area contributed by atoms with Crippen LogP contribution >= 0.6 is 0 Å². The Balaban J connectivity index is 1.93. The number of hydrogen-bond donors (Lipinski definition) is 1. The zero-order chi connectivity index (χ0) is 12.4. The molecule has 0 bridgehead atoms. The summed E-state index contributed by atoms with van der Waals surface area (Å²) in [5.74, 6) is 0.531. The highest BCUT2D eigenvalue weighted by atomic mass is 16.5. The molecule has 1 saturated heterocycles. The molecule has 0 amide bonds. The number of aromatic nitrogens is 1. The molecule has 1 aromatic heterocycles. The van der Waals surface area contributed by atoms with Crippen molar-refractivity contribution in [3.05, 3.63) is 42.1 Å². The van der Waals surface area contributed by atoms with Gasteiger partial charge in [0.1, 0.15) is 6.10 Å². The summed E-state index contributed by atoms with van der Waals surface area (Å²) in [4.78, 5) is 4.74. The quantitative estimate of drug-likeness (QED) is 0.898. The van der Waals surface area contributed by atoms with Crippen LogP contribution in [0.5, 0.6) is 0 Å². The SMILES string of the molecule is CNCC1CCOC1c1ccc2ccccc2n1. The molecule has 94 valence electrons. The molecule has 3 rings (SSSR count). The van der Waals surface area contributed by atoms with E-state index in [4.69, 9.17) is 9.72 Å². The maximum atomic E-state index is 5.85. The van der Waals surface area contributed by atoms with E-state index in [-0.39, 0.29) is 6.10 Å². The summed E-state index contributed by atoms with van der Waals surface area (Å²) in [6.07, 6.45) is 1.25. The van der Waals surface area contributed by atoms with Gasteiger partial charge in [-0.2, -0.15) is 0 Å². The molecular formula is C15H18N2O. The molecule has 1 N–H and O–H groups in total. The van der Waals surface area contributed by atoms with Crippen molar-refractivity contribution < 1.29 is 4.74 Å². The molecule has 3 heteroatoms. The van der Waals surface area contributed by atoms with E-state index < -0.39 is 0 Å². The van der Waals surface area contributed by atoms with Gasteiger partial charge in [-0.1, -0.05) is 24.3 Å². The number of fused-ring (bicyclic) bond motifs is 1. The lowest BCUT2D eigenvalue weighted by Crippen LogP contribution is -2.22. The minimum absolute atomic E-state index is 0.141. The summed E-state index contributed by atoms with van der Waals surface area (Å²) in [5.41, 5.74) is 2.11. The number of ether oxygens (including phenoxy) is 1. The number of pyridine rings is 1. The van der Waals surface area contributed by atoms with Crippen molar-refractivity contribution in [3.63, 3.8) is 0 Å². The second kappa shape index (κ2) is 5.04. The van der Waals surface area contributed by atoms with Crippen LogP contribution < -0.4 is 5.32 Å². The Morgan fingerprint density at radius 1 is 1.28 bits per heavy atom. The molecule has 18 heavy (non-hydrogen) atoms. The molecule has 0 aliphatic carbocycles. The van der Waals surface area contributed by atoms with E-state index in [9.17, 15) is 0 Å². The second-order valence-corrected chi connectivity index (χ2v) is 4.83. The molecule has 3 nitrogen and oxygen atoms in total. The lowest BCUT2D eigenvalue weighted by molar-refractivity contribution is 0.0878. The van der Waals surface area contributed by atoms with Gasteiger partial charge in [0.15, 0.2) is 0 Å². The Bertz CT molecular complexity index is 541. The molecule has 2 unspecified atom stereocenters. The van der Waals surface area contributed by atoms with Crippen molar-refractivity contribution in [3.8, 4) is 0 Å².